The second kappa shape index (κ2) is 2.62. The molecule has 0 amide bonds. The predicted octanol–water partition coefficient (Wildman–Crippen LogP) is 0.766. The first-order chi connectivity index (χ1) is 6.16. The molecular weight excluding hydrogens is 173 g/mol. The molecule has 0 bridgehead atoms. The minimum absolute atomic E-state index is 0.172. The molecule has 0 aliphatic carbocycles. The van der Waals surface area contributed by atoms with Crippen LogP contribution in [0.4, 0.5) is 4.39 Å². The van der Waals surface area contributed by atoms with Crippen molar-refractivity contribution in [1.82, 2.24) is 15.0 Å². The van der Waals surface area contributed by atoms with Gasteiger partial charge in [0.15, 0.2) is 5.65 Å². The lowest BCUT2D eigenvalue weighted by molar-refractivity contribution is 0.623. The number of nitrogens with one attached hydrogen (secondary N) is 1. The molecule has 0 unspecified atom stereocenters. The summed E-state index contributed by atoms with van der Waals surface area (Å²) in [6.45, 7) is 1.64. The number of H-pyrrole nitrogens is 1. The van der Waals surface area contributed by atoms with Gasteiger partial charge < -0.3 is 4.98 Å². The van der Waals surface area contributed by atoms with E-state index in [-0.39, 0.29) is 16.6 Å². The van der Waals surface area contributed by atoms with Gasteiger partial charge in [-0.25, -0.2) is 14.4 Å². The molecule has 0 saturated carbocycles. The average molecular weight is 179 g/mol. The van der Waals surface area contributed by atoms with Crippen LogP contribution >= 0.6 is 0 Å². The molecule has 0 aliphatic heterocycles. The van der Waals surface area contributed by atoms with E-state index < -0.39 is 5.82 Å². The monoisotopic (exact) mass is 179 g/mol. The molecule has 2 rings (SSSR count). The Morgan fingerprint density at radius 1 is 1.54 bits per heavy atom. The van der Waals surface area contributed by atoms with Crippen molar-refractivity contribution in [2.75, 3.05) is 0 Å². The lowest BCUT2D eigenvalue weighted by Gasteiger charge is -1.96. The first-order valence-electron chi connectivity index (χ1n) is 3.69. The summed E-state index contributed by atoms with van der Waals surface area (Å²) in [6.07, 6.45) is 1.04. The van der Waals surface area contributed by atoms with Crippen molar-refractivity contribution in [1.29, 1.82) is 0 Å². The topological polar surface area (TPSA) is 58.6 Å². The number of halogens is 1. The van der Waals surface area contributed by atoms with Crippen molar-refractivity contribution in [2.45, 2.75) is 6.92 Å². The molecule has 0 fully saturated rings. The standard InChI is InChI=1S/C8H6FN3O/c1-4-11-7-6(8(13)12-4)2-5(9)3-10-7/h2-3H,1H3,(H,10,11,12,13). The Hall–Kier alpha value is -1.78. The number of rotatable bonds is 0. The first kappa shape index (κ1) is 7.85. The van der Waals surface area contributed by atoms with Gasteiger partial charge in [-0.2, -0.15) is 0 Å². The van der Waals surface area contributed by atoms with Crippen LogP contribution in [0.2, 0.25) is 0 Å². The van der Waals surface area contributed by atoms with Crippen molar-refractivity contribution in [3.05, 3.63) is 34.3 Å². The van der Waals surface area contributed by atoms with Crippen LogP contribution in [-0.4, -0.2) is 15.0 Å². The molecule has 13 heavy (non-hydrogen) atoms. The van der Waals surface area contributed by atoms with E-state index in [1.54, 1.807) is 6.92 Å². The molecule has 0 aliphatic rings. The van der Waals surface area contributed by atoms with Crippen LogP contribution in [0.25, 0.3) is 11.0 Å². The zero-order valence-corrected chi connectivity index (χ0v) is 6.84. The third-order valence-corrected chi connectivity index (χ3v) is 1.65. The highest BCUT2D eigenvalue weighted by Crippen LogP contribution is 2.04. The van der Waals surface area contributed by atoms with Crippen LogP contribution in [-0.2, 0) is 0 Å². The Morgan fingerprint density at radius 3 is 3.08 bits per heavy atom. The van der Waals surface area contributed by atoms with Gasteiger partial charge in [-0.05, 0) is 13.0 Å². The second-order valence-electron chi connectivity index (χ2n) is 2.68. The number of aromatic nitrogens is 3. The second-order valence-corrected chi connectivity index (χ2v) is 2.68. The summed E-state index contributed by atoms with van der Waals surface area (Å²) in [5.41, 5.74) is -0.0999. The molecule has 0 atom stereocenters. The van der Waals surface area contributed by atoms with Crippen molar-refractivity contribution >= 4 is 11.0 Å². The Bertz CT molecular complexity index is 520. The number of pyridine rings is 1. The van der Waals surface area contributed by atoms with E-state index in [0.717, 1.165) is 12.3 Å². The average Bonchev–Trinajstić information content (AvgIpc) is 2.06. The summed E-state index contributed by atoms with van der Waals surface area (Å²) in [4.78, 5) is 21.4. The van der Waals surface area contributed by atoms with E-state index in [1.807, 2.05) is 0 Å². The zero-order chi connectivity index (χ0) is 9.42. The maximum absolute atomic E-state index is 12.7. The van der Waals surface area contributed by atoms with Crippen LogP contribution in [0.3, 0.4) is 0 Å². The number of aromatic amines is 1. The molecular formula is C8H6FN3O. The normalized spacial score (nSPS) is 10.6. The van der Waals surface area contributed by atoms with Crippen molar-refractivity contribution in [2.24, 2.45) is 0 Å². The predicted molar refractivity (Wildman–Crippen MR) is 44.9 cm³/mol. The molecule has 0 saturated heterocycles. The molecule has 1 N–H and O–H groups in total. The van der Waals surface area contributed by atoms with Gasteiger partial charge >= 0.3 is 0 Å². The number of nitrogens with zero attached hydrogens (tertiary/aromatic N) is 2. The van der Waals surface area contributed by atoms with E-state index in [0.29, 0.717) is 5.82 Å². The fraction of sp³-hybridized carbons (Fsp3) is 0.125. The summed E-state index contributed by atoms with van der Waals surface area (Å²) in [7, 11) is 0. The molecule has 0 spiro atoms. The zero-order valence-electron chi connectivity index (χ0n) is 6.84. The third-order valence-electron chi connectivity index (χ3n) is 1.65. The van der Waals surface area contributed by atoms with Crippen molar-refractivity contribution in [3.8, 4) is 0 Å². The quantitative estimate of drug-likeness (QED) is 0.649. The Labute approximate surface area is 72.5 Å². The molecule has 66 valence electrons. The maximum atomic E-state index is 12.7. The van der Waals surface area contributed by atoms with E-state index >= 15 is 0 Å². The lowest BCUT2D eigenvalue weighted by Crippen LogP contribution is -2.10. The largest absolute Gasteiger partial charge is 0.310 e. The van der Waals surface area contributed by atoms with E-state index in [2.05, 4.69) is 15.0 Å². The van der Waals surface area contributed by atoms with Crippen molar-refractivity contribution < 1.29 is 4.39 Å². The van der Waals surface area contributed by atoms with Gasteiger partial charge in [-0.15, -0.1) is 0 Å². The van der Waals surface area contributed by atoms with Crippen LogP contribution in [0.15, 0.2) is 17.1 Å². The Balaban J connectivity index is 2.95. The molecule has 2 heterocycles. The maximum Gasteiger partial charge on any atom is 0.260 e. The number of hydrogen-bond donors (Lipinski definition) is 1. The van der Waals surface area contributed by atoms with Gasteiger partial charge in [0, 0.05) is 0 Å². The molecule has 2 aromatic rings. The summed E-state index contributed by atoms with van der Waals surface area (Å²) in [5, 5.41) is 0.172. The van der Waals surface area contributed by atoms with Crippen LogP contribution < -0.4 is 5.56 Å². The van der Waals surface area contributed by atoms with Crippen LogP contribution in [0, 0.1) is 12.7 Å². The first-order valence-corrected chi connectivity index (χ1v) is 3.69. The van der Waals surface area contributed by atoms with Gasteiger partial charge in [0.1, 0.15) is 11.6 Å². The molecule has 0 aromatic carbocycles. The minimum atomic E-state index is -0.538. The van der Waals surface area contributed by atoms with Crippen molar-refractivity contribution in [3.63, 3.8) is 0 Å². The Kier molecular flexibility index (Phi) is 1.58. The third kappa shape index (κ3) is 1.28. The Morgan fingerprint density at radius 2 is 2.31 bits per heavy atom. The molecule has 0 radical (unpaired) electrons. The lowest BCUT2D eigenvalue weighted by atomic mass is 10.3. The van der Waals surface area contributed by atoms with Crippen LogP contribution in [0.5, 0.6) is 0 Å². The molecule has 2 aromatic heterocycles. The molecule has 4 nitrogen and oxygen atoms in total. The smallest absolute Gasteiger partial charge is 0.260 e. The van der Waals surface area contributed by atoms with Gasteiger partial charge in [0.2, 0.25) is 0 Å². The highest BCUT2D eigenvalue weighted by molar-refractivity contribution is 5.72. The summed E-state index contributed by atoms with van der Waals surface area (Å²) in [5.74, 6) is -0.0692. The summed E-state index contributed by atoms with van der Waals surface area (Å²) >= 11 is 0. The number of fused-ring (bicyclic) bond motifs is 1. The van der Waals surface area contributed by atoms with E-state index in [9.17, 15) is 9.18 Å². The minimum Gasteiger partial charge on any atom is -0.310 e. The highest BCUT2D eigenvalue weighted by atomic mass is 19.1. The summed E-state index contributed by atoms with van der Waals surface area (Å²) < 4.78 is 12.7. The van der Waals surface area contributed by atoms with Gasteiger partial charge in [0.05, 0.1) is 11.6 Å². The van der Waals surface area contributed by atoms with E-state index in [1.165, 1.54) is 0 Å². The summed E-state index contributed by atoms with van der Waals surface area (Å²) in [6, 6.07) is 1.12. The van der Waals surface area contributed by atoms with Gasteiger partial charge in [0.25, 0.3) is 5.56 Å². The van der Waals surface area contributed by atoms with Crippen LogP contribution in [0.1, 0.15) is 5.82 Å². The highest BCUT2D eigenvalue weighted by Gasteiger charge is 2.03. The SMILES string of the molecule is Cc1nc2ncc(F)cc2c(=O)[nH]1. The fourth-order valence-electron chi connectivity index (χ4n) is 1.11. The van der Waals surface area contributed by atoms with E-state index in [4.69, 9.17) is 0 Å². The van der Waals surface area contributed by atoms with Gasteiger partial charge in [-0.1, -0.05) is 0 Å². The van der Waals surface area contributed by atoms with Gasteiger partial charge in [-0.3, -0.25) is 4.79 Å². The number of aryl methyl sites for hydroxylation is 1. The molecule has 5 heteroatoms. The number of hydrogen-bond acceptors (Lipinski definition) is 3. The fourth-order valence-corrected chi connectivity index (χ4v) is 1.11.